The first-order valence-electron chi connectivity index (χ1n) is 11.5. The number of aryl methyl sites for hydroxylation is 1. The highest BCUT2D eigenvalue weighted by atomic mass is 16.6. The Kier molecular flexibility index (Phi) is 6.55. The third kappa shape index (κ3) is 5.35. The Morgan fingerprint density at radius 1 is 1.12 bits per heavy atom. The highest BCUT2D eigenvalue weighted by molar-refractivity contribution is 5.84. The molecule has 7 heteroatoms. The molecule has 0 aliphatic carbocycles. The van der Waals surface area contributed by atoms with Crippen LogP contribution in [-0.4, -0.2) is 47.5 Å². The van der Waals surface area contributed by atoms with Crippen molar-refractivity contribution in [3.05, 3.63) is 70.1 Å². The molecule has 0 saturated carbocycles. The van der Waals surface area contributed by atoms with Gasteiger partial charge in [0, 0.05) is 24.5 Å². The van der Waals surface area contributed by atoms with Crippen LogP contribution in [0.25, 0.3) is 10.8 Å². The summed E-state index contributed by atoms with van der Waals surface area (Å²) in [6.45, 7) is 9.08. The first kappa shape index (κ1) is 23.7. The van der Waals surface area contributed by atoms with Crippen molar-refractivity contribution in [3.8, 4) is 11.5 Å². The Hall–Kier alpha value is -3.48. The molecule has 0 bridgehead atoms. The normalized spacial score (nSPS) is 16.0. The van der Waals surface area contributed by atoms with Gasteiger partial charge < -0.3 is 23.7 Å². The van der Waals surface area contributed by atoms with Crippen molar-refractivity contribution >= 4 is 16.9 Å². The number of carbonyl (C=O) groups excluding carboxylic acids is 1. The van der Waals surface area contributed by atoms with Crippen LogP contribution in [0.15, 0.2) is 53.5 Å². The lowest BCUT2D eigenvalue weighted by atomic mass is 10.1. The molecule has 2 aromatic carbocycles. The van der Waals surface area contributed by atoms with E-state index in [1.807, 2.05) is 76.4 Å². The molecule has 0 N–H and O–H groups in total. The molecule has 180 valence electrons. The van der Waals surface area contributed by atoms with Gasteiger partial charge in [-0.1, -0.05) is 12.1 Å². The van der Waals surface area contributed by atoms with Crippen molar-refractivity contribution in [2.45, 2.75) is 52.4 Å². The van der Waals surface area contributed by atoms with Gasteiger partial charge in [-0.3, -0.25) is 4.79 Å². The van der Waals surface area contributed by atoms with Crippen LogP contribution in [-0.2, 0) is 11.3 Å². The van der Waals surface area contributed by atoms with E-state index in [9.17, 15) is 9.59 Å². The van der Waals surface area contributed by atoms with Gasteiger partial charge in [0.2, 0.25) is 0 Å². The smallest absolute Gasteiger partial charge is 0.410 e. The summed E-state index contributed by atoms with van der Waals surface area (Å²) in [5.41, 5.74) is 1.35. The molecule has 4 rings (SSSR count). The van der Waals surface area contributed by atoms with E-state index in [1.54, 1.807) is 16.6 Å². The summed E-state index contributed by atoms with van der Waals surface area (Å²) in [7, 11) is 1.63. The van der Waals surface area contributed by atoms with Crippen molar-refractivity contribution < 1.29 is 19.0 Å². The molecule has 1 aromatic heterocycles. The van der Waals surface area contributed by atoms with Gasteiger partial charge in [-0.25, -0.2) is 4.79 Å². The Balaban J connectivity index is 1.49. The molecule has 0 radical (unpaired) electrons. The molecule has 1 fully saturated rings. The third-order valence-electron chi connectivity index (χ3n) is 5.87. The van der Waals surface area contributed by atoms with Gasteiger partial charge in [-0.2, -0.15) is 0 Å². The molecule has 7 nitrogen and oxygen atoms in total. The standard InChI is InChI=1S/C27H32N2O5/c1-18-14-23-20(10-12-28(25(23)30)16-19-6-8-21(32-5)9-7-19)15-24(18)33-22-11-13-29(17-22)26(31)34-27(2,3)4/h6-10,12,14-15,22H,11,13,16-17H2,1-5H3. The molecule has 1 amide bonds. The van der Waals surface area contributed by atoms with Crippen LogP contribution < -0.4 is 15.0 Å². The van der Waals surface area contributed by atoms with Crippen LogP contribution in [0.5, 0.6) is 11.5 Å². The third-order valence-corrected chi connectivity index (χ3v) is 5.87. The zero-order valence-corrected chi connectivity index (χ0v) is 20.5. The summed E-state index contributed by atoms with van der Waals surface area (Å²) in [6.07, 6.45) is 2.12. The molecule has 1 aliphatic rings. The van der Waals surface area contributed by atoms with Crippen molar-refractivity contribution in [2.75, 3.05) is 20.2 Å². The number of aromatic nitrogens is 1. The van der Waals surface area contributed by atoms with Gasteiger partial charge >= 0.3 is 6.09 Å². The number of carbonyl (C=O) groups is 1. The van der Waals surface area contributed by atoms with Gasteiger partial charge in [-0.15, -0.1) is 0 Å². The number of rotatable bonds is 5. The number of hydrogen-bond acceptors (Lipinski definition) is 5. The minimum atomic E-state index is -0.523. The highest BCUT2D eigenvalue weighted by Crippen LogP contribution is 2.27. The van der Waals surface area contributed by atoms with E-state index in [-0.39, 0.29) is 17.8 Å². The molecule has 1 unspecified atom stereocenters. The largest absolute Gasteiger partial charge is 0.497 e. The SMILES string of the molecule is COc1ccc(Cn2ccc3cc(OC4CCN(C(=O)OC(C)(C)C)C4)c(C)cc3c2=O)cc1. The molecular formula is C27H32N2O5. The number of amides is 1. The Bertz CT molecular complexity index is 1240. The summed E-state index contributed by atoms with van der Waals surface area (Å²) in [4.78, 5) is 27.2. The number of pyridine rings is 1. The van der Waals surface area contributed by atoms with Crippen LogP contribution >= 0.6 is 0 Å². The second-order valence-corrected chi connectivity index (χ2v) is 9.76. The molecule has 1 saturated heterocycles. The second kappa shape index (κ2) is 9.41. The lowest BCUT2D eigenvalue weighted by Crippen LogP contribution is -2.36. The van der Waals surface area contributed by atoms with Crippen molar-refractivity contribution in [1.82, 2.24) is 9.47 Å². The predicted molar refractivity (Wildman–Crippen MR) is 132 cm³/mol. The highest BCUT2D eigenvalue weighted by Gasteiger charge is 2.31. The van der Waals surface area contributed by atoms with Crippen molar-refractivity contribution in [3.63, 3.8) is 0 Å². The maximum atomic E-state index is 13.1. The fourth-order valence-electron chi connectivity index (χ4n) is 4.09. The van der Waals surface area contributed by atoms with E-state index in [0.29, 0.717) is 25.0 Å². The number of ether oxygens (including phenoxy) is 3. The maximum Gasteiger partial charge on any atom is 0.410 e. The molecule has 34 heavy (non-hydrogen) atoms. The number of hydrogen-bond donors (Lipinski definition) is 0. The Labute approximate surface area is 199 Å². The summed E-state index contributed by atoms with van der Waals surface area (Å²) < 4.78 is 18.6. The van der Waals surface area contributed by atoms with E-state index in [2.05, 4.69) is 0 Å². The van der Waals surface area contributed by atoms with Gasteiger partial charge in [0.1, 0.15) is 23.2 Å². The van der Waals surface area contributed by atoms with Crippen LogP contribution in [0, 0.1) is 6.92 Å². The van der Waals surface area contributed by atoms with Crippen LogP contribution in [0.1, 0.15) is 38.3 Å². The number of methoxy groups -OCH3 is 1. The molecule has 1 aliphatic heterocycles. The fourth-order valence-corrected chi connectivity index (χ4v) is 4.09. The van der Waals surface area contributed by atoms with Crippen LogP contribution in [0.2, 0.25) is 0 Å². The van der Waals surface area contributed by atoms with E-state index in [4.69, 9.17) is 14.2 Å². The Morgan fingerprint density at radius 3 is 2.53 bits per heavy atom. The van der Waals surface area contributed by atoms with Crippen molar-refractivity contribution in [1.29, 1.82) is 0 Å². The lowest BCUT2D eigenvalue weighted by Gasteiger charge is -2.24. The lowest BCUT2D eigenvalue weighted by molar-refractivity contribution is 0.0275. The van der Waals surface area contributed by atoms with E-state index < -0.39 is 5.60 Å². The minimum Gasteiger partial charge on any atom is -0.497 e. The summed E-state index contributed by atoms with van der Waals surface area (Å²) in [5, 5.41) is 1.49. The summed E-state index contributed by atoms with van der Waals surface area (Å²) in [5.74, 6) is 1.52. The van der Waals surface area contributed by atoms with Crippen LogP contribution in [0.3, 0.4) is 0 Å². The number of nitrogens with zero attached hydrogens (tertiary/aromatic N) is 2. The second-order valence-electron chi connectivity index (χ2n) is 9.76. The molecular weight excluding hydrogens is 432 g/mol. The molecule has 0 spiro atoms. The zero-order chi connectivity index (χ0) is 24.5. The van der Waals surface area contributed by atoms with Gasteiger partial charge in [0.05, 0.1) is 20.2 Å². The topological polar surface area (TPSA) is 70.0 Å². The quantitative estimate of drug-likeness (QED) is 0.545. The van der Waals surface area contributed by atoms with Crippen molar-refractivity contribution in [2.24, 2.45) is 0 Å². The molecule has 1 atom stereocenters. The molecule has 3 aromatic rings. The fraction of sp³-hybridized carbons (Fsp3) is 0.407. The first-order valence-corrected chi connectivity index (χ1v) is 11.5. The summed E-state index contributed by atoms with van der Waals surface area (Å²) >= 11 is 0. The van der Waals surface area contributed by atoms with Gasteiger partial charge in [0.25, 0.3) is 5.56 Å². The van der Waals surface area contributed by atoms with E-state index >= 15 is 0 Å². The van der Waals surface area contributed by atoms with Crippen LogP contribution in [0.4, 0.5) is 4.79 Å². The van der Waals surface area contributed by atoms with Gasteiger partial charge in [-0.05, 0) is 74.5 Å². The van der Waals surface area contributed by atoms with Gasteiger partial charge in [0.15, 0.2) is 0 Å². The zero-order valence-electron chi connectivity index (χ0n) is 20.5. The summed E-state index contributed by atoms with van der Waals surface area (Å²) in [6, 6.07) is 13.4. The first-order chi connectivity index (χ1) is 16.1. The minimum absolute atomic E-state index is 0.0417. The molecule has 2 heterocycles. The average Bonchev–Trinajstić information content (AvgIpc) is 3.25. The maximum absolute atomic E-state index is 13.1. The van der Waals surface area contributed by atoms with E-state index in [0.717, 1.165) is 34.4 Å². The number of benzene rings is 2. The van der Waals surface area contributed by atoms with E-state index in [1.165, 1.54) is 0 Å². The Morgan fingerprint density at radius 2 is 1.85 bits per heavy atom. The monoisotopic (exact) mass is 464 g/mol. The predicted octanol–water partition coefficient (Wildman–Crippen LogP) is 4.76. The average molecular weight is 465 g/mol. The number of likely N-dealkylation sites (tertiary alicyclic amines) is 1. The number of fused-ring (bicyclic) bond motifs is 1.